The summed E-state index contributed by atoms with van der Waals surface area (Å²) in [5, 5.41) is 2.62. The summed E-state index contributed by atoms with van der Waals surface area (Å²) in [5.74, 6) is -0.902. The lowest BCUT2D eigenvalue weighted by atomic mass is 10.00. The molecule has 6 heteroatoms. The lowest BCUT2D eigenvalue weighted by Crippen LogP contribution is -2.34. The Hall–Kier alpha value is -2.21. The highest BCUT2D eigenvalue weighted by atomic mass is 32.1. The van der Waals surface area contributed by atoms with Crippen molar-refractivity contribution in [1.82, 2.24) is 4.90 Å². The Labute approximate surface area is 157 Å². The second-order valence-electron chi connectivity index (χ2n) is 6.69. The van der Waals surface area contributed by atoms with E-state index in [9.17, 15) is 14.0 Å². The number of likely N-dealkylation sites (N-methyl/N-ethyl adjacent to an activating group) is 1. The first-order chi connectivity index (χ1) is 12.5. The van der Waals surface area contributed by atoms with Crippen molar-refractivity contribution in [2.45, 2.75) is 38.5 Å². The number of nitrogens with one attached hydrogen (secondary N) is 1. The number of fused-ring (bicyclic) bond motifs is 1. The van der Waals surface area contributed by atoms with Gasteiger partial charge in [-0.2, -0.15) is 0 Å². The van der Waals surface area contributed by atoms with Crippen LogP contribution in [0, 0.1) is 5.82 Å². The number of aryl methyl sites for hydroxylation is 2. The molecule has 2 aromatic rings. The molecule has 0 saturated heterocycles. The molecule has 1 aromatic carbocycles. The summed E-state index contributed by atoms with van der Waals surface area (Å²) in [5.41, 5.74) is 1.67. The zero-order valence-electron chi connectivity index (χ0n) is 14.9. The fourth-order valence-electron chi connectivity index (χ4n) is 3.19. The van der Waals surface area contributed by atoms with Gasteiger partial charge in [0.2, 0.25) is 5.91 Å². The predicted molar refractivity (Wildman–Crippen MR) is 102 cm³/mol. The molecule has 26 heavy (non-hydrogen) atoms. The SMILES string of the molecule is CN(CC(=O)Nc1cccc(F)c1)C(=O)c1cc2c(s1)CCCCCC2. The monoisotopic (exact) mass is 374 g/mol. The molecule has 0 spiro atoms. The second kappa shape index (κ2) is 8.45. The van der Waals surface area contributed by atoms with Gasteiger partial charge in [0.1, 0.15) is 5.82 Å². The molecule has 3 rings (SSSR count). The van der Waals surface area contributed by atoms with Crippen LogP contribution in [0.1, 0.15) is 45.8 Å². The van der Waals surface area contributed by atoms with Crippen molar-refractivity contribution in [3.8, 4) is 0 Å². The topological polar surface area (TPSA) is 49.4 Å². The molecule has 1 aliphatic rings. The molecule has 2 amide bonds. The molecule has 1 aromatic heterocycles. The van der Waals surface area contributed by atoms with Crippen LogP contribution in [0.2, 0.25) is 0 Å². The zero-order chi connectivity index (χ0) is 18.5. The van der Waals surface area contributed by atoms with Crippen LogP contribution in [-0.2, 0) is 17.6 Å². The number of nitrogens with zero attached hydrogens (tertiary/aromatic N) is 1. The number of carbonyl (C=O) groups excluding carboxylic acids is 2. The van der Waals surface area contributed by atoms with Gasteiger partial charge >= 0.3 is 0 Å². The molecule has 0 aliphatic heterocycles. The molecule has 0 radical (unpaired) electrons. The summed E-state index contributed by atoms with van der Waals surface area (Å²) in [7, 11) is 1.62. The minimum atomic E-state index is -0.414. The lowest BCUT2D eigenvalue weighted by Gasteiger charge is -2.16. The maximum Gasteiger partial charge on any atom is 0.264 e. The van der Waals surface area contributed by atoms with Crippen molar-refractivity contribution >= 4 is 28.8 Å². The zero-order valence-corrected chi connectivity index (χ0v) is 15.7. The first kappa shape index (κ1) is 18.6. The third-order valence-electron chi connectivity index (χ3n) is 4.54. The van der Waals surface area contributed by atoms with E-state index in [0.717, 1.165) is 12.8 Å². The van der Waals surface area contributed by atoms with Gasteiger partial charge in [0.05, 0.1) is 11.4 Å². The van der Waals surface area contributed by atoms with E-state index in [0.29, 0.717) is 10.6 Å². The highest BCUT2D eigenvalue weighted by Crippen LogP contribution is 2.29. The van der Waals surface area contributed by atoms with Gasteiger partial charge in [0.15, 0.2) is 0 Å². The molecule has 0 unspecified atom stereocenters. The van der Waals surface area contributed by atoms with Crippen LogP contribution in [0.5, 0.6) is 0 Å². The number of amides is 2. The van der Waals surface area contributed by atoms with Crippen LogP contribution < -0.4 is 5.32 Å². The number of halogens is 1. The number of thiophene rings is 1. The van der Waals surface area contributed by atoms with E-state index in [1.165, 1.54) is 59.2 Å². The summed E-state index contributed by atoms with van der Waals surface area (Å²) in [6.07, 6.45) is 6.91. The number of benzene rings is 1. The molecule has 0 atom stereocenters. The lowest BCUT2D eigenvalue weighted by molar-refractivity contribution is -0.116. The number of carbonyl (C=O) groups is 2. The van der Waals surface area contributed by atoms with Gasteiger partial charge < -0.3 is 10.2 Å². The molecule has 1 heterocycles. The normalized spacial score (nSPS) is 14.1. The summed E-state index contributed by atoms with van der Waals surface area (Å²) in [4.78, 5) is 28.2. The molecule has 138 valence electrons. The van der Waals surface area contributed by atoms with Crippen LogP contribution in [0.25, 0.3) is 0 Å². The van der Waals surface area contributed by atoms with E-state index in [-0.39, 0.29) is 18.4 Å². The van der Waals surface area contributed by atoms with Crippen molar-refractivity contribution in [2.75, 3.05) is 18.9 Å². The number of hydrogen-bond acceptors (Lipinski definition) is 3. The standard InChI is InChI=1S/C20H23FN2O2S/c1-23(13-19(24)22-16-9-6-8-15(21)12-16)20(25)18-11-14-7-4-2-3-5-10-17(14)26-18/h6,8-9,11-12H,2-5,7,10,13H2,1H3,(H,22,24). The Kier molecular flexibility index (Phi) is 6.04. The molecular weight excluding hydrogens is 351 g/mol. The number of anilines is 1. The molecule has 0 fully saturated rings. The van der Waals surface area contributed by atoms with Crippen LogP contribution in [0.3, 0.4) is 0 Å². The van der Waals surface area contributed by atoms with Crippen LogP contribution in [0.4, 0.5) is 10.1 Å². The van der Waals surface area contributed by atoms with Crippen molar-refractivity contribution in [2.24, 2.45) is 0 Å². The van der Waals surface area contributed by atoms with Gasteiger partial charge in [-0.15, -0.1) is 11.3 Å². The van der Waals surface area contributed by atoms with E-state index < -0.39 is 5.82 Å². The molecule has 4 nitrogen and oxygen atoms in total. The third kappa shape index (κ3) is 4.69. The van der Waals surface area contributed by atoms with Crippen LogP contribution >= 0.6 is 11.3 Å². The molecule has 1 aliphatic carbocycles. The minimum Gasteiger partial charge on any atom is -0.332 e. The average Bonchev–Trinajstić information content (AvgIpc) is 2.96. The van der Waals surface area contributed by atoms with Gasteiger partial charge in [-0.1, -0.05) is 18.9 Å². The van der Waals surface area contributed by atoms with E-state index >= 15 is 0 Å². The Bertz CT molecular complexity index is 777. The third-order valence-corrected chi connectivity index (χ3v) is 5.77. The summed E-state index contributed by atoms with van der Waals surface area (Å²) < 4.78 is 13.2. The molecule has 0 saturated carbocycles. The predicted octanol–water partition coefficient (Wildman–Crippen LogP) is 4.26. The van der Waals surface area contributed by atoms with Gasteiger partial charge in [-0.05, 0) is 55.5 Å². The largest absolute Gasteiger partial charge is 0.332 e. The van der Waals surface area contributed by atoms with Gasteiger partial charge in [-0.3, -0.25) is 9.59 Å². The number of rotatable bonds is 4. The Morgan fingerprint density at radius 3 is 2.69 bits per heavy atom. The average molecular weight is 374 g/mol. The quantitative estimate of drug-likeness (QED) is 0.869. The summed E-state index contributed by atoms with van der Waals surface area (Å²) >= 11 is 1.55. The highest BCUT2D eigenvalue weighted by Gasteiger charge is 2.20. The smallest absolute Gasteiger partial charge is 0.264 e. The van der Waals surface area contributed by atoms with Gasteiger partial charge in [0.25, 0.3) is 5.91 Å². The maximum atomic E-state index is 13.2. The van der Waals surface area contributed by atoms with Crippen molar-refractivity contribution in [1.29, 1.82) is 0 Å². The Balaban J connectivity index is 1.62. The molecule has 1 N–H and O–H groups in total. The Morgan fingerprint density at radius 2 is 1.92 bits per heavy atom. The van der Waals surface area contributed by atoms with E-state index in [1.807, 2.05) is 6.07 Å². The molecule has 0 bridgehead atoms. The van der Waals surface area contributed by atoms with Crippen molar-refractivity contribution in [3.63, 3.8) is 0 Å². The highest BCUT2D eigenvalue weighted by molar-refractivity contribution is 7.14. The fraction of sp³-hybridized carbons (Fsp3) is 0.400. The minimum absolute atomic E-state index is 0.0715. The number of hydrogen-bond donors (Lipinski definition) is 1. The fourth-order valence-corrected chi connectivity index (χ4v) is 4.44. The van der Waals surface area contributed by atoms with E-state index in [4.69, 9.17) is 0 Å². The Morgan fingerprint density at radius 1 is 1.15 bits per heavy atom. The van der Waals surface area contributed by atoms with Crippen molar-refractivity contribution in [3.05, 3.63) is 51.5 Å². The van der Waals surface area contributed by atoms with Gasteiger partial charge in [-0.25, -0.2) is 4.39 Å². The van der Waals surface area contributed by atoms with E-state index in [1.54, 1.807) is 24.5 Å². The first-order valence-electron chi connectivity index (χ1n) is 8.95. The second-order valence-corrected chi connectivity index (χ2v) is 7.83. The summed E-state index contributed by atoms with van der Waals surface area (Å²) in [6, 6.07) is 7.70. The van der Waals surface area contributed by atoms with Crippen molar-refractivity contribution < 1.29 is 14.0 Å². The van der Waals surface area contributed by atoms with Crippen LogP contribution in [-0.4, -0.2) is 30.3 Å². The van der Waals surface area contributed by atoms with Crippen LogP contribution in [0.15, 0.2) is 30.3 Å². The maximum absolute atomic E-state index is 13.2. The summed E-state index contributed by atoms with van der Waals surface area (Å²) in [6.45, 7) is -0.0715. The van der Waals surface area contributed by atoms with Gasteiger partial charge in [0, 0.05) is 17.6 Å². The van der Waals surface area contributed by atoms with E-state index in [2.05, 4.69) is 5.32 Å². The molecular formula is C20H23FN2O2S. The first-order valence-corrected chi connectivity index (χ1v) is 9.77.